The first-order chi connectivity index (χ1) is 14.8. The van der Waals surface area contributed by atoms with Gasteiger partial charge in [0, 0.05) is 17.2 Å². The molecule has 0 radical (unpaired) electrons. The molecule has 160 valence electrons. The summed E-state index contributed by atoms with van der Waals surface area (Å²) in [7, 11) is 0. The number of rotatable bonds is 8. The van der Waals surface area contributed by atoms with Crippen molar-refractivity contribution in [3.05, 3.63) is 68.2 Å². The highest BCUT2D eigenvalue weighted by atomic mass is 35.5. The second kappa shape index (κ2) is 10.1. The maximum absolute atomic E-state index is 12.1. The molecule has 0 saturated heterocycles. The van der Waals surface area contributed by atoms with Gasteiger partial charge in [-0.3, -0.25) is 14.9 Å². The summed E-state index contributed by atoms with van der Waals surface area (Å²) in [5.41, 5.74) is 3.67. The van der Waals surface area contributed by atoms with Crippen LogP contribution < -0.4 is 16.6 Å². The van der Waals surface area contributed by atoms with E-state index >= 15 is 0 Å². The maximum atomic E-state index is 12.1. The Morgan fingerprint density at radius 2 is 2.00 bits per heavy atom. The number of benzene rings is 2. The molecule has 3 rings (SSSR count). The Kier molecular flexibility index (Phi) is 7.28. The third kappa shape index (κ3) is 6.07. The summed E-state index contributed by atoms with van der Waals surface area (Å²) < 4.78 is 1.14. The van der Waals surface area contributed by atoms with Crippen molar-refractivity contribution < 1.29 is 9.72 Å². The van der Waals surface area contributed by atoms with Crippen molar-refractivity contribution in [2.45, 2.75) is 5.16 Å². The first kappa shape index (κ1) is 22.3. The number of halogens is 2. The van der Waals surface area contributed by atoms with Gasteiger partial charge in [0.15, 0.2) is 0 Å². The lowest BCUT2D eigenvalue weighted by Gasteiger charge is -2.07. The van der Waals surface area contributed by atoms with Gasteiger partial charge in [-0.1, -0.05) is 35.0 Å². The highest BCUT2D eigenvalue weighted by Crippen LogP contribution is 2.26. The van der Waals surface area contributed by atoms with Gasteiger partial charge in [0.2, 0.25) is 11.1 Å². The van der Waals surface area contributed by atoms with Gasteiger partial charge in [-0.25, -0.2) is 10.1 Å². The van der Waals surface area contributed by atoms with Crippen LogP contribution in [-0.2, 0) is 4.79 Å². The van der Waals surface area contributed by atoms with Crippen LogP contribution in [0.25, 0.3) is 0 Å². The Balaban J connectivity index is 1.53. The molecule has 31 heavy (non-hydrogen) atoms. The molecule has 0 bridgehead atoms. The monoisotopic (exact) mass is 480 g/mol. The number of aromatic nitrogens is 3. The van der Waals surface area contributed by atoms with E-state index in [1.165, 1.54) is 24.4 Å². The van der Waals surface area contributed by atoms with Crippen LogP contribution in [0.3, 0.4) is 0 Å². The van der Waals surface area contributed by atoms with E-state index < -0.39 is 4.92 Å². The summed E-state index contributed by atoms with van der Waals surface area (Å²) in [6, 6.07) is 10.6. The lowest BCUT2D eigenvalue weighted by Crippen LogP contribution is -2.17. The molecule has 3 aromatic rings. The molecule has 1 amide bonds. The van der Waals surface area contributed by atoms with Gasteiger partial charge in [0.25, 0.3) is 11.6 Å². The van der Waals surface area contributed by atoms with E-state index in [1.54, 1.807) is 24.3 Å². The molecule has 0 atom stereocenters. The molecule has 2 aromatic carbocycles. The fourth-order valence-electron chi connectivity index (χ4n) is 2.21. The number of nitrogens with two attached hydrogens (primary N) is 1. The first-order valence-corrected chi connectivity index (χ1v) is 10.2. The third-order valence-electron chi connectivity index (χ3n) is 3.68. The molecule has 0 fully saturated rings. The van der Waals surface area contributed by atoms with Gasteiger partial charge in [0.1, 0.15) is 0 Å². The summed E-state index contributed by atoms with van der Waals surface area (Å²) in [6.07, 6.45) is 1.44. The third-order valence-corrected chi connectivity index (χ3v) is 5.18. The van der Waals surface area contributed by atoms with E-state index in [4.69, 9.17) is 29.0 Å². The van der Waals surface area contributed by atoms with Crippen LogP contribution >= 0.6 is 35.0 Å². The number of nitrogens with zero attached hydrogens (tertiary/aromatic N) is 5. The molecular formula is C17H14Cl2N8O3S. The lowest BCUT2D eigenvalue weighted by molar-refractivity contribution is -0.384. The average molecular weight is 481 g/mol. The van der Waals surface area contributed by atoms with Gasteiger partial charge >= 0.3 is 0 Å². The summed E-state index contributed by atoms with van der Waals surface area (Å²) >= 11 is 12.9. The Labute approximate surface area is 189 Å². The molecular weight excluding hydrogens is 467 g/mol. The molecule has 0 aliphatic rings. The highest BCUT2D eigenvalue weighted by Gasteiger charge is 2.13. The van der Waals surface area contributed by atoms with Crippen LogP contribution in [-0.4, -0.2) is 37.7 Å². The van der Waals surface area contributed by atoms with E-state index in [9.17, 15) is 14.9 Å². The lowest BCUT2D eigenvalue weighted by atomic mass is 10.2. The molecule has 0 aliphatic carbocycles. The Morgan fingerprint density at radius 1 is 1.26 bits per heavy atom. The topological polar surface area (TPSA) is 153 Å². The number of nitrogens with one attached hydrogen (secondary N) is 2. The smallest absolute Gasteiger partial charge is 0.269 e. The van der Waals surface area contributed by atoms with Crippen LogP contribution in [0.4, 0.5) is 17.3 Å². The maximum Gasteiger partial charge on any atom is 0.269 e. The van der Waals surface area contributed by atoms with Crippen LogP contribution in [0.1, 0.15) is 5.56 Å². The van der Waals surface area contributed by atoms with E-state index in [0.717, 1.165) is 16.4 Å². The largest absolute Gasteiger partial charge is 0.334 e. The van der Waals surface area contributed by atoms with Crippen LogP contribution in [0.2, 0.25) is 10.0 Å². The van der Waals surface area contributed by atoms with Gasteiger partial charge in [-0.2, -0.15) is 5.10 Å². The quantitative estimate of drug-likeness (QED) is 0.146. The molecule has 0 saturated carbocycles. The van der Waals surface area contributed by atoms with Crippen molar-refractivity contribution in [2.24, 2.45) is 5.10 Å². The number of carbonyl (C=O) groups excluding carboxylic acids is 1. The molecule has 0 aliphatic heterocycles. The van der Waals surface area contributed by atoms with Crippen molar-refractivity contribution in [3.63, 3.8) is 0 Å². The van der Waals surface area contributed by atoms with E-state index in [0.29, 0.717) is 21.3 Å². The first-order valence-electron chi connectivity index (χ1n) is 8.45. The number of nitro benzene ring substituents is 1. The molecule has 14 heteroatoms. The second-order valence-electron chi connectivity index (χ2n) is 5.86. The number of hydrogen-bond donors (Lipinski definition) is 3. The second-order valence-corrected chi connectivity index (χ2v) is 7.64. The molecule has 4 N–H and O–H groups in total. The van der Waals surface area contributed by atoms with Crippen molar-refractivity contribution in [1.82, 2.24) is 14.9 Å². The SMILES string of the molecule is Nn1c(N/N=C/c2ccc([N+](=O)[O-])cc2)nnc1SCC(=O)Nc1ccc(Cl)cc1Cl. The Hall–Kier alpha value is -3.35. The minimum Gasteiger partial charge on any atom is -0.334 e. The molecule has 1 heterocycles. The van der Waals surface area contributed by atoms with Crippen LogP contribution in [0.5, 0.6) is 0 Å². The predicted octanol–water partition coefficient (Wildman–Crippen LogP) is 3.38. The number of hydrazone groups is 1. The van der Waals surface area contributed by atoms with Gasteiger partial charge < -0.3 is 11.2 Å². The molecule has 1 aromatic heterocycles. The summed E-state index contributed by atoms with van der Waals surface area (Å²) in [5.74, 6) is 5.75. The number of anilines is 2. The molecule has 0 spiro atoms. The van der Waals surface area contributed by atoms with Crippen molar-refractivity contribution in [3.8, 4) is 0 Å². The van der Waals surface area contributed by atoms with Crippen molar-refractivity contribution >= 4 is 64.4 Å². The number of nitrogen functional groups attached to an aromatic ring is 1. The number of carbonyl (C=O) groups is 1. The van der Waals surface area contributed by atoms with Crippen molar-refractivity contribution in [1.29, 1.82) is 0 Å². The summed E-state index contributed by atoms with van der Waals surface area (Å²) in [4.78, 5) is 22.3. The van der Waals surface area contributed by atoms with E-state index in [1.807, 2.05) is 0 Å². The highest BCUT2D eigenvalue weighted by molar-refractivity contribution is 7.99. The van der Waals surface area contributed by atoms with Gasteiger partial charge in [-0.15, -0.1) is 10.2 Å². The van der Waals surface area contributed by atoms with Gasteiger partial charge in [-0.05, 0) is 35.9 Å². The number of hydrogen-bond acceptors (Lipinski definition) is 9. The normalized spacial score (nSPS) is 10.9. The zero-order chi connectivity index (χ0) is 22.4. The minimum absolute atomic E-state index is 0.0142. The Morgan fingerprint density at radius 3 is 2.68 bits per heavy atom. The van der Waals surface area contributed by atoms with Crippen molar-refractivity contribution in [2.75, 3.05) is 22.3 Å². The standard InChI is InChI=1S/C17H14Cl2N8O3S/c18-11-3-6-14(13(19)7-11)22-15(28)9-31-17-25-24-16(26(17)20)23-21-8-10-1-4-12(5-2-10)27(29)30/h1-8H,9,20H2,(H,22,28)(H,23,24)/b21-8+. The zero-order valence-electron chi connectivity index (χ0n) is 15.5. The van der Waals surface area contributed by atoms with E-state index in [-0.39, 0.29) is 28.5 Å². The fourth-order valence-corrected chi connectivity index (χ4v) is 3.32. The molecule has 11 nitrogen and oxygen atoms in total. The number of non-ortho nitro benzene ring substituents is 1. The van der Waals surface area contributed by atoms with Crippen LogP contribution in [0.15, 0.2) is 52.7 Å². The summed E-state index contributed by atoms with van der Waals surface area (Å²) in [5, 5.41) is 26.1. The number of thioether (sulfide) groups is 1. The zero-order valence-corrected chi connectivity index (χ0v) is 17.9. The minimum atomic E-state index is -0.487. The van der Waals surface area contributed by atoms with E-state index in [2.05, 4.69) is 26.0 Å². The average Bonchev–Trinajstić information content (AvgIpc) is 3.08. The van der Waals surface area contributed by atoms with Crippen LogP contribution in [0, 0.1) is 10.1 Å². The predicted molar refractivity (Wildman–Crippen MR) is 120 cm³/mol. The number of nitro groups is 1. The molecule has 0 unspecified atom stereocenters. The fraction of sp³-hybridized carbons (Fsp3) is 0.0588. The van der Waals surface area contributed by atoms with Gasteiger partial charge in [0.05, 0.1) is 27.6 Å². The Bertz CT molecular complexity index is 1140. The summed E-state index contributed by atoms with van der Waals surface area (Å²) in [6.45, 7) is 0. The number of amides is 1.